The highest BCUT2D eigenvalue weighted by atomic mass is 16.6. The fourth-order valence-electron chi connectivity index (χ4n) is 3.51. The van der Waals surface area contributed by atoms with E-state index >= 15 is 0 Å². The molecule has 4 rings (SSSR count). The topological polar surface area (TPSA) is 159 Å². The van der Waals surface area contributed by atoms with Crippen LogP contribution in [-0.2, 0) is 6.54 Å². The molecule has 0 saturated carbocycles. The number of hydrogen-bond acceptors (Lipinski definition) is 6. The van der Waals surface area contributed by atoms with E-state index in [0.29, 0.717) is 12.1 Å². The third-order valence-corrected chi connectivity index (χ3v) is 5.36. The fourth-order valence-corrected chi connectivity index (χ4v) is 3.51. The fraction of sp³-hybridized carbons (Fsp3) is 0.0800. The van der Waals surface area contributed by atoms with Crippen molar-refractivity contribution in [2.45, 2.75) is 13.5 Å². The van der Waals surface area contributed by atoms with Crippen LogP contribution in [0.5, 0.6) is 5.75 Å². The number of aromatic nitrogens is 1. The van der Waals surface area contributed by atoms with Crippen molar-refractivity contribution in [1.29, 1.82) is 10.7 Å². The van der Waals surface area contributed by atoms with Crippen molar-refractivity contribution in [2.24, 2.45) is 5.73 Å². The van der Waals surface area contributed by atoms with E-state index in [1.165, 1.54) is 30.5 Å². The van der Waals surface area contributed by atoms with E-state index in [0.717, 1.165) is 22.0 Å². The van der Waals surface area contributed by atoms with Crippen LogP contribution in [0.2, 0.25) is 0 Å². The van der Waals surface area contributed by atoms with Crippen LogP contribution < -0.4 is 5.73 Å². The number of nitrogens with one attached hydrogen (secondary N) is 1. The summed E-state index contributed by atoms with van der Waals surface area (Å²) in [5.74, 6) is -0.769. The predicted molar refractivity (Wildman–Crippen MR) is 128 cm³/mol. The lowest BCUT2D eigenvalue weighted by Gasteiger charge is -2.09. The largest absolute Gasteiger partial charge is 0.507 e. The molecule has 0 bridgehead atoms. The van der Waals surface area contributed by atoms with Crippen LogP contribution in [0.25, 0.3) is 10.9 Å². The number of phenols is 1. The molecule has 0 radical (unpaired) electrons. The number of phenolic OH excluding ortho intramolecular Hbond substituents is 1. The van der Waals surface area contributed by atoms with Gasteiger partial charge in [0.05, 0.1) is 10.5 Å². The smallest absolute Gasteiger partial charge is 0.272 e. The lowest BCUT2D eigenvalue weighted by Crippen LogP contribution is -2.10. The van der Waals surface area contributed by atoms with E-state index in [1.807, 2.05) is 41.1 Å². The summed E-state index contributed by atoms with van der Waals surface area (Å²) in [4.78, 5) is 21.3. The van der Waals surface area contributed by atoms with Crippen LogP contribution in [0.3, 0.4) is 0 Å². The molecule has 9 nitrogen and oxygen atoms in total. The van der Waals surface area contributed by atoms with E-state index < -0.39 is 5.91 Å². The van der Waals surface area contributed by atoms with Crippen molar-refractivity contribution in [3.8, 4) is 11.8 Å². The second kappa shape index (κ2) is 10.1. The van der Waals surface area contributed by atoms with Crippen LogP contribution in [0, 0.1) is 33.8 Å². The number of hydrogen-bond donors (Lipinski definition) is 3. The first kappa shape index (κ1) is 23.7. The highest BCUT2D eigenvalue weighted by molar-refractivity contribution is 5.98. The summed E-state index contributed by atoms with van der Waals surface area (Å²) in [6.07, 6.45) is 3.29. The molecule has 0 saturated heterocycles. The van der Waals surface area contributed by atoms with Crippen LogP contribution in [0.4, 0.5) is 5.69 Å². The van der Waals surface area contributed by atoms with Crippen LogP contribution in [0.1, 0.15) is 32.6 Å². The van der Waals surface area contributed by atoms with Gasteiger partial charge in [-0.1, -0.05) is 24.3 Å². The van der Waals surface area contributed by atoms with Crippen molar-refractivity contribution in [1.82, 2.24) is 4.57 Å². The summed E-state index contributed by atoms with van der Waals surface area (Å²) in [5, 5.41) is 37.0. The van der Waals surface area contributed by atoms with E-state index in [1.54, 1.807) is 19.1 Å². The number of nitro groups is 1. The molecule has 3 aromatic carbocycles. The van der Waals surface area contributed by atoms with Gasteiger partial charge in [-0.25, -0.2) is 0 Å². The number of nitro benzene ring substituents is 1. The predicted octanol–water partition coefficient (Wildman–Crippen LogP) is 4.27. The van der Waals surface area contributed by atoms with E-state index in [4.69, 9.17) is 21.5 Å². The van der Waals surface area contributed by atoms with Crippen molar-refractivity contribution < 1.29 is 14.8 Å². The van der Waals surface area contributed by atoms with Gasteiger partial charge in [-0.2, -0.15) is 5.26 Å². The first-order valence-corrected chi connectivity index (χ1v) is 10.1. The molecule has 1 aromatic heterocycles. The number of carbonyl (C=O) groups is 1. The first-order chi connectivity index (χ1) is 16.3. The molecule has 0 fully saturated rings. The molecule has 0 unspecified atom stereocenters. The quantitative estimate of drug-likeness (QED) is 0.232. The summed E-state index contributed by atoms with van der Waals surface area (Å²) >= 11 is 0. The molecular weight excluding hydrogens is 434 g/mol. The van der Waals surface area contributed by atoms with Gasteiger partial charge in [-0.15, -0.1) is 0 Å². The van der Waals surface area contributed by atoms with Gasteiger partial charge in [-0.3, -0.25) is 14.9 Å². The SMILES string of the molecule is Cc1c(Cn2ccc3c(C=N)cccc32)cccc1[N+](=O)[O-].N#Cc1cc(C(N)=O)ccc1O. The van der Waals surface area contributed by atoms with Crippen molar-refractivity contribution in [3.05, 3.63) is 105 Å². The Kier molecular flexibility index (Phi) is 7.04. The molecule has 0 spiro atoms. The number of fused-ring (bicyclic) bond motifs is 1. The van der Waals surface area contributed by atoms with Gasteiger partial charge < -0.3 is 20.8 Å². The molecule has 1 amide bonds. The normalized spacial score (nSPS) is 10.1. The zero-order valence-corrected chi connectivity index (χ0v) is 18.2. The number of aromatic hydroxyl groups is 1. The molecule has 1 heterocycles. The highest BCUT2D eigenvalue weighted by Crippen LogP contribution is 2.25. The second-order valence-electron chi connectivity index (χ2n) is 7.39. The number of primary amides is 1. The Balaban J connectivity index is 0.000000229. The highest BCUT2D eigenvalue weighted by Gasteiger charge is 2.14. The monoisotopic (exact) mass is 455 g/mol. The minimum Gasteiger partial charge on any atom is -0.507 e. The van der Waals surface area contributed by atoms with E-state index in [-0.39, 0.29) is 27.5 Å². The number of nitrogens with zero attached hydrogens (tertiary/aromatic N) is 3. The maximum Gasteiger partial charge on any atom is 0.272 e. The standard InChI is InChI=1S/C17H15N3O2.C8H6N2O2/c1-12-14(5-3-6-16(12)20(21)22)11-19-9-8-15-13(10-18)4-2-7-17(15)19;9-4-6-3-5(8(10)12)1-2-7(6)11/h2-10,18H,11H2,1H3;1-3,11H,(H2,10,12). The van der Waals surface area contributed by atoms with Gasteiger partial charge in [0.15, 0.2) is 0 Å². The van der Waals surface area contributed by atoms with Gasteiger partial charge in [0, 0.05) is 52.6 Å². The minimum absolute atomic E-state index is 0.0475. The molecule has 4 aromatic rings. The lowest BCUT2D eigenvalue weighted by atomic mass is 10.1. The minimum atomic E-state index is -0.619. The van der Waals surface area contributed by atoms with Crippen LogP contribution in [-0.4, -0.2) is 26.7 Å². The Morgan fingerprint density at radius 3 is 2.62 bits per heavy atom. The maximum absolute atomic E-state index is 11.0. The summed E-state index contributed by atoms with van der Waals surface area (Å²) < 4.78 is 2.05. The summed E-state index contributed by atoms with van der Waals surface area (Å²) in [6.45, 7) is 2.35. The zero-order valence-electron chi connectivity index (χ0n) is 18.2. The number of rotatable bonds is 5. The Morgan fingerprint density at radius 2 is 1.97 bits per heavy atom. The third kappa shape index (κ3) is 4.92. The Bertz CT molecular complexity index is 1450. The van der Waals surface area contributed by atoms with Gasteiger partial charge in [-0.05, 0) is 42.8 Å². The second-order valence-corrected chi connectivity index (χ2v) is 7.39. The van der Waals surface area contributed by atoms with Gasteiger partial charge in [0.2, 0.25) is 5.91 Å². The van der Waals surface area contributed by atoms with Crippen molar-refractivity contribution in [2.75, 3.05) is 0 Å². The molecule has 170 valence electrons. The lowest BCUT2D eigenvalue weighted by molar-refractivity contribution is -0.385. The molecular formula is C25H21N5O4. The molecule has 0 atom stereocenters. The molecule has 0 aliphatic rings. The molecule has 34 heavy (non-hydrogen) atoms. The van der Waals surface area contributed by atoms with Crippen LogP contribution in [0.15, 0.2) is 66.9 Å². The van der Waals surface area contributed by atoms with E-state index in [9.17, 15) is 14.9 Å². The number of benzene rings is 3. The van der Waals surface area contributed by atoms with Crippen molar-refractivity contribution >= 4 is 28.7 Å². The van der Waals surface area contributed by atoms with Gasteiger partial charge >= 0.3 is 0 Å². The molecule has 9 heteroatoms. The average molecular weight is 455 g/mol. The van der Waals surface area contributed by atoms with E-state index in [2.05, 4.69) is 0 Å². The summed E-state index contributed by atoms with van der Waals surface area (Å²) in [7, 11) is 0. The Morgan fingerprint density at radius 1 is 1.24 bits per heavy atom. The first-order valence-electron chi connectivity index (χ1n) is 10.1. The number of amides is 1. The molecule has 4 N–H and O–H groups in total. The number of carbonyl (C=O) groups excluding carboxylic acids is 1. The van der Waals surface area contributed by atoms with Crippen molar-refractivity contribution in [3.63, 3.8) is 0 Å². The third-order valence-electron chi connectivity index (χ3n) is 5.36. The summed E-state index contributed by atoms with van der Waals surface area (Å²) in [6, 6.07) is 18.5. The molecule has 0 aliphatic carbocycles. The Hall–Kier alpha value is -4.97. The number of nitrogens with two attached hydrogens (primary N) is 1. The maximum atomic E-state index is 11.0. The Labute approximate surface area is 195 Å². The zero-order chi connectivity index (χ0) is 24.8. The molecule has 0 aliphatic heterocycles. The van der Waals surface area contributed by atoms with Crippen LogP contribution >= 0.6 is 0 Å². The van der Waals surface area contributed by atoms with Gasteiger partial charge in [0.25, 0.3) is 5.69 Å². The average Bonchev–Trinajstić information content (AvgIpc) is 3.23. The summed E-state index contributed by atoms with van der Waals surface area (Å²) in [5.41, 5.74) is 8.87. The number of nitriles is 1. The van der Waals surface area contributed by atoms with Gasteiger partial charge in [0.1, 0.15) is 11.8 Å².